The molecule has 0 heterocycles. The molecule has 2 amide bonds. The first-order chi connectivity index (χ1) is 33.9. The summed E-state index contributed by atoms with van der Waals surface area (Å²) in [6.07, 6.45) is -1.24. The third-order valence-corrected chi connectivity index (χ3v) is 10.0. The fraction of sp³-hybridized carbons (Fsp3) is 0.298. The molecule has 0 spiro atoms. The molecular weight excluding hydrogens is 905 g/mol. The van der Waals surface area contributed by atoms with Crippen molar-refractivity contribution in [2.24, 2.45) is 0 Å². The molecule has 374 valence electrons. The minimum Gasteiger partial charge on any atom is -0.485 e. The van der Waals surface area contributed by atoms with E-state index in [9.17, 15) is 24.3 Å². The number of aliphatic carboxylic acids is 1. The van der Waals surface area contributed by atoms with Crippen molar-refractivity contribution in [3.63, 3.8) is 0 Å². The first-order valence-electron chi connectivity index (χ1n) is 23.2. The summed E-state index contributed by atoms with van der Waals surface area (Å²) in [6.45, 7) is 11.8. The molecule has 0 radical (unpaired) electrons. The lowest BCUT2D eigenvalue weighted by molar-refractivity contribution is -0.143. The van der Waals surface area contributed by atoms with Gasteiger partial charge in [-0.1, -0.05) is 133 Å². The summed E-state index contributed by atoms with van der Waals surface area (Å²) in [5.74, 6) is 0.412. The van der Waals surface area contributed by atoms with E-state index in [0.29, 0.717) is 55.0 Å². The van der Waals surface area contributed by atoms with Gasteiger partial charge in [-0.15, -0.1) is 0 Å². The third kappa shape index (κ3) is 19.9. The van der Waals surface area contributed by atoms with Crippen molar-refractivity contribution in [3.05, 3.63) is 191 Å². The van der Waals surface area contributed by atoms with Gasteiger partial charge in [0.15, 0.2) is 23.0 Å². The van der Waals surface area contributed by atoms with E-state index in [1.165, 1.54) is 7.11 Å². The van der Waals surface area contributed by atoms with E-state index in [1.54, 1.807) is 65.8 Å². The monoisotopic (exact) mass is 968 g/mol. The molecule has 3 N–H and O–H groups in total. The predicted octanol–water partition coefficient (Wildman–Crippen LogP) is 10.8. The highest BCUT2D eigenvalue weighted by molar-refractivity contribution is 5.82. The number of amides is 2. The first-order valence-corrected chi connectivity index (χ1v) is 23.2. The number of esters is 1. The fourth-order valence-electron chi connectivity index (χ4n) is 6.67. The Labute approximate surface area is 416 Å². The predicted molar refractivity (Wildman–Crippen MR) is 269 cm³/mol. The second-order valence-electron chi connectivity index (χ2n) is 18.3. The number of ether oxygens (including phenoxy) is 7. The maximum absolute atomic E-state index is 12.4. The molecular formula is C57H64N2O12. The number of rotatable bonds is 20. The second-order valence-corrected chi connectivity index (χ2v) is 18.3. The maximum atomic E-state index is 12.4. The standard InChI is InChI=1S/C29H33NO6.C28H31NO6/c1-29(2,3)36-28(32)30-24(27(31)33-4)17-23-15-16-25(34-19-21-11-7-5-8-12-21)26(18-23)35-20-22-13-9-6-10-14-22;1-28(2,3)35-27(32)29-23(26(30)31)16-22-14-15-24(33-18-20-10-6-4-7-11-20)25(17-22)34-19-21-12-8-5-9-13-21/h5-16,18,24H,17,19-20H2,1-4H3,(H,30,32);4-15,17,23H,16,18-19H2,1-3H3,(H,29,32)(H,30,31). The zero-order valence-corrected chi connectivity index (χ0v) is 41.3. The number of benzene rings is 6. The molecule has 0 bridgehead atoms. The van der Waals surface area contributed by atoms with E-state index in [-0.39, 0.29) is 12.8 Å². The Morgan fingerprint density at radius 2 is 0.746 bits per heavy atom. The van der Waals surface area contributed by atoms with Crippen LogP contribution in [0.1, 0.15) is 74.9 Å². The van der Waals surface area contributed by atoms with Gasteiger partial charge in [0.05, 0.1) is 7.11 Å². The number of hydrogen-bond acceptors (Lipinski definition) is 11. The summed E-state index contributed by atoms with van der Waals surface area (Å²) in [4.78, 5) is 48.6. The van der Waals surface area contributed by atoms with Crippen molar-refractivity contribution in [2.75, 3.05) is 7.11 Å². The van der Waals surface area contributed by atoms with Crippen LogP contribution in [0.25, 0.3) is 0 Å². The number of carboxylic acid groups (broad SMARTS) is 1. The fourth-order valence-corrected chi connectivity index (χ4v) is 6.67. The van der Waals surface area contributed by atoms with Crippen molar-refractivity contribution in [3.8, 4) is 23.0 Å². The molecule has 6 rings (SSSR count). The van der Waals surface area contributed by atoms with Crippen LogP contribution in [0.3, 0.4) is 0 Å². The molecule has 2 atom stereocenters. The van der Waals surface area contributed by atoms with Crippen LogP contribution in [0.15, 0.2) is 158 Å². The Bertz CT molecular complexity index is 2600. The quantitative estimate of drug-likeness (QED) is 0.0488. The first kappa shape index (κ1) is 53.9. The largest absolute Gasteiger partial charge is 0.485 e. The summed E-state index contributed by atoms with van der Waals surface area (Å²) in [5.41, 5.74) is 4.04. The molecule has 0 saturated heterocycles. The zero-order chi connectivity index (χ0) is 51.2. The van der Waals surface area contributed by atoms with Gasteiger partial charge in [0, 0.05) is 12.8 Å². The van der Waals surface area contributed by atoms with E-state index in [1.807, 2.05) is 133 Å². The van der Waals surface area contributed by atoms with Gasteiger partial charge in [-0.25, -0.2) is 19.2 Å². The van der Waals surface area contributed by atoms with Crippen LogP contribution in [0, 0.1) is 0 Å². The molecule has 14 nitrogen and oxygen atoms in total. The number of alkyl carbamates (subject to hydrolysis) is 2. The van der Waals surface area contributed by atoms with E-state index < -0.39 is 47.4 Å². The molecule has 0 aromatic heterocycles. The molecule has 6 aromatic carbocycles. The second kappa shape index (κ2) is 26.7. The Morgan fingerprint density at radius 3 is 1.06 bits per heavy atom. The van der Waals surface area contributed by atoms with Crippen molar-refractivity contribution < 1.29 is 57.4 Å². The van der Waals surface area contributed by atoms with Crippen LogP contribution in [0.5, 0.6) is 23.0 Å². The maximum Gasteiger partial charge on any atom is 0.408 e. The smallest absolute Gasteiger partial charge is 0.408 e. The van der Waals surface area contributed by atoms with E-state index in [4.69, 9.17) is 33.2 Å². The molecule has 0 aliphatic carbocycles. The lowest BCUT2D eigenvalue weighted by atomic mass is 10.1. The Balaban J connectivity index is 0.000000264. The summed E-state index contributed by atoms with van der Waals surface area (Å²) in [7, 11) is 1.28. The summed E-state index contributed by atoms with van der Waals surface area (Å²) < 4.78 is 39.6. The molecule has 6 aromatic rings. The number of methoxy groups -OCH3 is 1. The van der Waals surface area contributed by atoms with Crippen molar-refractivity contribution in [1.82, 2.24) is 10.6 Å². The molecule has 14 heteroatoms. The van der Waals surface area contributed by atoms with Crippen LogP contribution < -0.4 is 29.6 Å². The average molecular weight is 969 g/mol. The Hall–Kier alpha value is -8.00. The van der Waals surface area contributed by atoms with Gasteiger partial charge in [0.25, 0.3) is 0 Å². The van der Waals surface area contributed by atoms with Crippen molar-refractivity contribution in [1.29, 1.82) is 0 Å². The summed E-state index contributed by atoms with van der Waals surface area (Å²) in [5, 5.41) is 14.7. The number of carboxylic acids is 1. The Kier molecular flexibility index (Phi) is 20.3. The van der Waals surface area contributed by atoms with Gasteiger partial charge in [-0.2, -0.15) is 0 Å². The summed E-state index contributed by atoms with van der Waals surface area (Å²) in [6, 6.07) is 47.8. The molecule has 0 aliphatic rings. The molecule has 0 aliphatic heterocycles. The van der Waals surface area contributed by atoms with Crippen LogP contribution in [0.4, 0.5) is 9.59 Å². The SMILES string of the molecule is CC(C)(C)OC(=O)NC(Cc1ccc(OCc2ccccc2)c(OCc2ccccc2)c1)C(=O)O.COC(=O)C(Cc1ccc(OCc2ccccc2)c(OCc2ccccc2)c1)NC(=O)OC(C)(C)C. The minimum absolute atomic E-state index is 0.0508. The zero-order valence-electron chi connectivity index (χ0n) is 41.3. The van der Waals surface area contributed by atoms with E-state index in [0.717, 1.165) is 27.8 Å². The topological polar surface area (TPSA) is 177 Å². The van der Waals surface area contributed by atoms with Gasteiger partial charge in [-0.3, -0.25) is 0 Å². The number of hydrogen-bond donors (Lipinski definition) is 3. The van der Waals surface area contributed by atoms with Crippen LogP contribution in [-0.2, 0) is 63.1 Å². The number of carbonyl (C=O) groups is 4. The molecule has 0 saturated carbocycles. The van der Waals surface area contributed by atoms with E-state index >= 15 is 0 Å². The highest BCUT2D eigenvalue weighted by Gasteiger charge is 2.27. The highest BCUT2D eigenvalue weighted by atomic mass is 16.6. The van der Waals surface area contributed by atoms with Crippen LogP contribution >= 0.6 is 0 Å². The Morgan fingerprint density at radius 1 is 0.437 bits per heavy atom. The van der Waals surface area contributed by atoms with Gasteiger partial charge in [0.2, 0.25) is 0 Å². The number of nitrogens with one attached hydrogen (secondary N) is 2. The minimum atomic E-state index is -1.16. The van der Waals surface area contributed by atoms with Gasteiger partial charge in [0.1, 0.15) is 49.7 Å². The summed E-state index contributed by atoms with van der Waals surface area (Å²) >= 11 is 0. The van der Waals surface area contributed by atoms with E-state index in [2.05, 4.69) is 10.6 Å². The lowest BCUT2D eigenvalue weighted by Crippen LogP contribution is -2.45. The highest BCUT2D eigenvalue weighted by Crippen LogP contribution is 2.32. The third-order valence-electron chi connectivity index (χ3n) is 10.0. The number of carbonyl (C=O) groups excluding carboxylic acids is 3. The van der Waals surface area contributed by atoms with Gasteiger partial charge >= 0.3 is 24.1 Å². The van der Waals surface area contributed by atoms with Crippen LogP contribution in [-0.4, -0.2) is 59.6 Å². The van der Waals surface area contributed by atoms with Gasteiger partial charge in [-0.05, 0) is 99.2 Å². The van der Waals surface area contributed by atoms with Crippen molar-refractivity contribution >= 4 is 24.1 Å². The molecule has 71 heavy (non-hydrogen) atoms. The van der Waals surface area contributed by atoms with Crippen LogP contribution in [0.2, 0.25) is 0 Å². The van der Waals surface area contributed by atoms with Gasteiger partial charge < -0.3 is 48.9 Å². The molecule has 2 unspecified atom stereocenters. The normalized spacial score (nSPS) is 11.8. The molecule has 0 fully saturated rings. The average Bonchev–Trinajstić information content (AvgIpc) is 3.34. The van der Waals surface area contributed by atoms with Crippen molar-refractivity contribution in [2.45, 2.75) is 104 Å². The lowest BCUT2D eigenvalue weighted by Gasteiger charge is -2.23.